The molecule has 1 spiro atoms. The first-order valence-corrected chi connectivity index (χ1v) is 17.8. The molecule has 1 aromatic carbocycles. The number of ether oxygens (including phenoxy) is 4. The molecule has 3 rings (SSSR count). The molecule has 0 radical (unpaired) electrons. The maximum atomic E-state index is 13.2. The van der Waals surface area contributed by atoms with Gasteiger partial charge in [-0.2, -0.15) is 0 Å². The molecule has 6 atom stereocenters. The van der Waals surface area contributed by atoms with Crippen LogP contribution in [0.25, 0.3) is 0 Å². The fourth-order valence-electron chi connectivity index (χ4n) is 6.31. The minimum Gasteiger partial charge on any atom is -0.497 e. The van der Waals surface area contributed by atoms with E-state index in [1.54, 1.807) is 7.11 Å². The van der Waals surface area contributed by atoms with Gasteiger partial charge < -0.3 is 23.4 Å². The van der Waals surface area contributed by atoms with Gasteiger partial charge >= 0.3 is 0 Å². The topological polar surface area (TPSA) is 63.2 Å². The van der Waals surface area contributed by atoms with Crippen LogP contribution < -0.4 is 4.74 Å². The minimum absolute atomic E-state index is 0.0319. The highest BCUT2D eigenvalue weighted by Crippen LogP contribution is 2.44. The van der Waals surface area contributed by atoms with Gasteiger partial charge in [-0.05, 0) is 66.9 Å². The minimum atomic E-state index is -1.80. The Balaban J connectivity index is 1.61. The van der Waals surface area contributed by atoms with Gasteiger partial charge in [-0.15, -0.1) is 0 Å². The lowest BCUT2D eigenvalue weighted by Crippen LogP contribution is -2.56. The average Bonchev–Trinajstić information content (AvgIpc) is 2.94. The zero-order chi connectivity index (χ0) is 28.6. The first kappa shape index (κ1) is 32.3. The van der Waals surface area contributed by atoms with Crippen LogP contribution in [-0.2, 0) is 30.0 Å². The van der Waals surface area contributed by atoms with E-state index >= 15 is 0 Å². The van der Waals surface area contributed by atoms with Crippen LogP contribution in [-0.4, -0.2) is 51.9 Å². The Bertz CT molecular complexity index is 885. The van der Waals surface area contributed by atoms with E-state index in [9.17, 15) is 4.79 Å². The first-order valence-electron chi connectivity index (χ1n) is 15.4. The van der Waals surface area contributed by atoms with Crippen molar-refractivity contribution >= 4 is 14.1 Å². The van der Waals surface area contributed by atoms with Crippen LogP contribution in [0.3, 0.4) is 0 Å². The third kappa shape index (κ3) is 8.16. The van der Waals surface area contributed by atoms with Gasteiger partial charge in [-0.25, -0.2) is 0 Å². The molecule has 0 saturated carbocycles. The van der Waals surface area contributed by atoms with Gasteiger partial charge in [0.05, 0.1) is 32.3 Å². The molecule has 1 aromatic rings. The smallest absolute Gasteiger partial charge is 0.195 e. The number of hydrogen-bond donors (Lipinski definition) is 0. The number of ketones is 1. The summed E-state index contributed by atoms with van der Waals surface area (Å²) in [7, 11) is -0.136. The second-order valence-electron chi connectivity index (χ2n) is 12.2. The summed E-state index contributed by atoms with van der Waals surface area (Å²) in [4.78, 5) is 13.2. The molecule has 5 unspecified atom stereocenters. The van der Waals surface area contributed by atoms with E-state index in [1.807, 2.05) is 31.2 Å². The molecule has 2 aliphatic rings. The van der Waals surface area contributed by atoms with Crippen molar-refractivity contribution in [3.63, 3.8) is 0 Å². The number of rotatable bonds is 14. The van der Waals surface area contributed by atoms with E-state index in [4.69, 9.17) is 23.4 Å². The summed E-state index contributed by atoms with van der Waals surface area (Å²) in [6, 6.07) is 10.2. The van der Waals surface area contributed by atoms with Gasteiger partial charge in [0, 0.05) is 25.0 Å². The lowest BCUT2D eigenvalue weighted by Gasteiger charge is -2.49. The number of benzene rings is 1. The van der Waals surface area contributed by atoms with E-state index < -0.39 is 14.1 Å². The highest BCUT2D eigenvalue weighted by molar-refractivity contribution is 6.75. The van der Waals surface area contributed by atoms with Crippen molar-refractivity contribution in [1.82, 2.24) is 0 Å². The second kappa shape index (κ2) is 14.6. The number of carbonyl (C=O) groups is 1. The molecule has 7 heteroatoms. The Morgan fingerprint density at radius 2 is 1.72 bits per heavy atom. The predicted molar refractivity (Wildman–Crippen MR) is 159 cm³/mol. The van der Waals surface area contributed by atoms with Crippen LogP contribution in [0.4, 0.5) is 0 Å². The molecule has 0 aromatic heterocycles. The Kier molecular flexibility index (Phi) is 12.1. The lowest BCUT2D eigenvalue weighted by atomic mass is 9.82. The molecular weight excluding hydrogens is 508 g/mol. The van der Waals surface area contributed by atoms with Crippen LogP contribution in [0.1, 0.15) is 92.6 Å². The summed E-state index contributed by atoms with van der Waals surface area (Å²) in [6.07, 6.45) is 4.63. The predicted octanol–water partition coefficient (Wildman–Crippen LogP) is 7.69. The average molecular weight is 563 g/mol. The van der Waals surface area contributed by atoms with Gasteiger partial charge in [0.15, 0.2) is 14.1 Å². The normalized spacial score (nSPS) is 28.7. The molecule has 0 bridgehead atoms. The van der Waals surface area contributed by atoms with Crippen molar-refractivity contribution in [2.45, 2.75) is 135 Å². The van der Waals surface area contributed by atoms with Crippen LogP contribution in [0, 0.1) is 11.8 Å². The zero-order valence-corrected chi connectivity index (χ0v) is 26.8. The Morgan fingerprint density at radius 3 is 2.31 bits per heavy atom. The van der Waals surface area contributed by atoms with Crippen LogP contribution >= 0.6 is 0 Å². The molecule has 0 aliphatic carbocycles. The van der Waals surface area contributed by atoms with Gasteiger partial charge in [0.1, 0.15) is 11.5 Å². The molecule has 2 fully saturated rings. The van der Waals surface area contributed by atoms with E-state index in [1.165, 1.54) is 0 Å². The molecule has 0 N–H and O–H groups in total. The van der Waals surface area contributed by atoms with Crippen LogP contribution in [0.2, 0.25) is 17.6 Å². The van der Waals surface area contributed by atoms with Gasteiger partial charge in [-0.3, -0.25) is 4.79 Å². The summed E-state index contributed by atoms with van der Waals surface area (Å²) in [5, 5.41) is 0. The molecule has 39 heavy (non-hydrogen) atoms. The standard InChI is InChI=1S/C32H54O6Si/c1-9-27(38-39(10-2,11-3)23(4)5)20-31-24(6)16-18-32(37-31)21-29(33)25(7)30(36-32)17-19-35-22-26-12-14-28(34-8)15-13-26/h12-15,23-25,27,30-31H,9-11,16-22H2,1-8H3/t24?,25?,27-,30?,31?,32?/m1/s1. The molecule has 2 heterocycles. The SMILES string of the molecule is CC[C@H](CC1OC2(CCC1C)CC(=O)C(C)C(CCOCc1ccc(OC)cc1)O2)O[Si](CC)(CC)C(C)C. The summed E-state index contributed by atoms with van der Waals surface area (Å²) in [6.45, 7) is 16.8. The maximum Gasteiger partial charge on any atom is 0.195 e. The summed E-state index contributed by atoms with van der Waals surface area (Å²) >= 11 is 0. The maximum absolute atomic E-state index is 13.2. The summed E-state index contributed by atoms with van der Waals surface area (Å²) in [5.74, 6) is 0.514. The Hall–Kier alpha value is -1.25. The fraction of sp³-hybridized carbons (Fsp3) is 0.781. The number of hydrogen-bond acceptors (Lipinski definition) is 6. The van der Waals surface area contributed by atoms with Crippen molar-refractivity contribution in [3.05, 3.63) is 29.8 Å². The molecule has 2 saturated heterocycles. The van der Waals surface area contributed by atoms with Crippen LogP contribution in [0.5, 0.6) is 5.75 Å². The number of Topliss-reactive ketones (excluding diaryl/α,β-unsaturated/α-hetero) is 1. The molecule has 222 valence electrons. The highest BCUT2D eigenvalue weighted by Gasteiger charge is 2.50. The summed E-state index contributed by atoms with van der Waals surface area (Å²) < 4.78 is 31.6. The quantitative estimate of drug-likeness (QED) is 0.171. The van der Waals surface area contributed by atoms with Gasteiger partial charge in [0.25, 0.3) is 0 Å². The second-order valence-corrected chi connectivity index (χ2v) is 17.1. The third-order valence-corrected chi connectivity index (χ3v) is 14.7. The van der Waals surface area contributed by atoms with Crippen molar-refractivity contribution in [2.24, 2.45) is 11.8 Å². The van der Waals surface area contributed by atoms with E-state index in [0.717, 1.165) is 49.1 Å². The number of carbonyl (C=O) groups excluding carboxylic acids is 1. The Morgan fingerprint density at radius 1 is 1.05 bits per heavy atom. The third-order valence-electron chi connectivity index (χ3n) is 9.43. The van der Waals surface area contributed by atoms with E-state index in [2.05, 4.69) is 41.5 Å². The lowest BCUT2D eigenvalue weighted by molar-refractivity contribution is -0.323. The zero-order valence-electron chi connectivity index (χ0n) is 25.8. The van der Waals surface area contributed by atoms with E-state index in [-0.39, 0.29) is 30.0 Å². The fourth-order valence-corrected chi connectivity index (χ4v) is 9.98. The highest BCUT2D eigenvalue weighted by atomic mass is 28.4. The van der Waals surface area contributed by atoms with Gasteiger partial charge in [0.2, 0.25) is 0 Å². The summed E-state index contributed by atoms with van der Waals surface area (Å²) in [5.41, 5.74) is 1.68. The van der Waals surface area contributed by atoms with Crippen LogP contribution in [0.15, 0.2) is 24.3 Å². The molecular formula is C32H54O6Si. The molecule has 0 amide bonds. The van der Waals surface area contributed by atoms with Crippen molar-refractivity contribution in [2.75, 3.05) is 13.7 Å². The van der Waals surface area contributed by atoms with Gasteiger partial charge in [-0.1, -0.05) is 60.6 Å². The largest absolute Gasteiger partial charge is 0.497 e. The Labute approximate surface area is 238 Å². The van der Waals surface area contributed by atoms with E-state index in [0.29, 0.717) is 37.5 Å². The first-order chi connectivity index (χ1) is 18.6. The number of methoxy groups -OCH3 is 1. The molecule has 6 nitrogen and oxygen atoms in total. The molecule has 2 aliphatic heterocycles. The van der Waals surface area contributed by atoms with Crippen molar-refractivity contribution in [1.29, 1.82) is 0 Å². The van der Waals surface area contributed by atoms with Crippen molar-refractivity contribution < 1.29 is 28.2 Å². The monoisotopic (exact) mass is 562 g/mol. The van der Waals surface area contributed by atoms with Crippen molar-refractivity contribution in [3.8, 4) is 5.75 Å².